The lowest BCUT2D eigenvalue weighted by molar-refractivity contribution is 0.576. The first-order valence-electron chi connectivity index (χ1n) is 7.35. The lowest BCUT2D eigenvalue weighted by Gasteiger charge is -2.03. The highest BCUT2D eigenvalue weighted by Crippen LogP contribution is 2.00. The Morgan fingerprint density at radius 3 is 1.39 bits per heavy atom. The van der Waals surface area contributed by atoms with E-state index in [0.717, 1.165) is 44.8 Å². The highest BCUT2D eigenvalue weighted by molar-refractivity contribution is 4.56. The molecule has 0 aliphatic heterocycles. The van der Waals surface area contributed by atoms with E-state index in [-0.39, 0.29) is 0 Å². The minimum Gasteiger partial charge on any atom is -0.330 e. The van der Waals surface area contributed by atoms with E-state index < -0.39 is 0 Å². The van der Waals surface area contributed by atoms with Crippen molar-refractivity contribution >= 4 is 0 Å². The second-order valence-corrected chi connectivity index (χ2v) is 4.86. The average Bonchev–Trinajstić information content (AvgIpc) is 2.31. The van der Waals surface area contributed by atoms with Crippen molar-refractivity contribution in [2.24, 2.45) is 28.9 Å². The molecule has 0 bridgehead atoms. The maximum absolute atomic E-state index is 5.50. The first-order chi connectivity index (χ1) is 8.49. The zero-order chi connectivity index (χ0) is 14.8. The van der Waals surface area contributed by atoms with Gasteiger partial charge in [0.05, 0.1) is 0 Å². The van der Waals surface area contributed by atoms with Crippen LogP contribution in [0.4, 0.5) is 0 Å². The molecular formula is C14H38N4. The summed E-state index contributed by atoms with van der Waals surface area (Å²) in [6, 6.07) is 0.324. The van der Waals surface area contributed by atoms with Crippen LogP contribution in [0, 0.1) is 5.92 Å². The van der Waals surface area contributed by atoms with Gasteiger partial charge < -0.3 is 22.9 Å². The Labute approximate surface area is 115 Å². The zero-order valence-corrected chi connectivity index (χ0v) is 13.1. The van der Waals surface area contributed by atoms with E-state index in [9.17, 15) is 0 Å². The quantitative estimate of drug-likeness (QED) is 0.561. The van der Waals surface area contributed by atoms with Crippen LogP contribution < -0.4 is 22.9 Å². The van der Waals surface area contributed by atoms with Gasteiger partial charge in [-0.25, -0.2) is 0 Å². The van der Waals surface area contributed by atoms with Crippen molar-refractivity contribution in [3.05, 3.63) is 0 Å². The van der Waals surface area contributed by atoms with Crippen molar-refractivity contribution in [1.29, 1.82) is 0 Å². The van der Waals surface area contributed by atoms with Crippen LogP contribution in [-0.4, -0.2) is 25.7 Å². The number of rotatable bonds is 7. The third-order valence-corrected chi connectivity index (χ3v) is 2.34. The van der Waals surface area contributed by atoms with Crippen molar-refractivity contribution in [3.8, 4) is 0 Å². The van der Waals surface area contributed by atoms with E-state index in [1.807, 2.05) is 0 Å². The summed E-state index contributed by atoms with van der Waals surface area (Å²) < 4.78 is 0. The molecule has 1 atom stereocenters. The Balaban J connectivity index is -0.000000190. The fraction of sp³-hybridized carbons (Fsp3) is 1.00. The highest BCUT2D eigenvalue weighted by atomic mass is 14.6. The van der Waals surface area contributed by atoms with Crippen LogP contribution in [-0.2, 0) is 0 Å². The van der Waals surface area contributed by atoms with Gasteiger partial charge in [-0.2, -0.15) is 0 Å². The van der Waals surface area contributed by atoms with Gasteiger partial charge in [0.1, 0.15) is 0 Å². The van der Waals surface area contributed by atoms with Gasteiger partial charge in [-0.15, -0.1) is 0 Å². The fourth-order valence-electron chi connectivity index (χ4n) is 1.11. The molecule has 114 valence electrons. The molecule has 0 rings (SSSR count). The van der Waals surface area contributed by atoms with Gasteiger partial charge in [-0.3, -0.25) is 0 Å². The van der Waals surface area contributed by atoms with E-state index >= 15 is 0 Å². The van der Waals surface area contributed by atoms with Crippen LogP contribution in [0.25, 0.3) is 0 Å². The molecule has 0 aliphatic rings. The van der Waals surface area contributed by atoms with Gasteiger partial charge in [0.2, 0.25) is 0 Å². The Hall–Kier alpha value is -0.160. The molecule has 0 fully saturated rings. The summed E-state index contributed by atoms with van der Waals surface area (Å²) in [4.78, 5) is 0. The average molecular weight is 262 g/mol. The second-order valence-electron chi connectivity index (χ2n) is 4.86. The molecule has 0 spiro atoms. The normalized spacial score (nSPS) is 11.2. The molecule has 0 radical (unpaired) electrons. The highest BCUT2D eigenvalue weighted by Gasteiger charge is 1.92. The molecule has 0 aliphatic carbocycles. The zero-order valence-electron chi connectivity index (χ0n) is 13.1. The Kier molecular flexibility index (Phi) is 28.2. The summed E-state index contributed by atoms with van der Waals surface area (Å²) in [6.07, 6.45) is 5.64. The first-order valence-corrected chi connectivity index (χ1v) is 7.35. The predicted molar refractivity (Wildman–Crippen MR) is 84.4 cm³/mol. The Morgan fingerprint density at radius 1 is 0.833 bits per heavy atom. The molecule has 0 saturated carbocycles. The van der Waals surface area contributed by atoms with Crippen LogP contribution in [0.15, 0.2) is 0 Å². The lowest BCUT2D eigenvalue weighted by Crippen LogP contribution is -2.22. The third-order valence-electron chi connectivity index (χ3n) is 2.34. The molecular weight excluding hydrogens is 224 g/mol. The standard InChI is InChI=1S/C6H14.C5H14N2.C3H10N2/c1-4-5-6(2)3;1-2-5(7)3-4-6;4-2-1-3-5/h6H,4-5H2,1-3H3;5H,2-4,6-7H2,1H3;1-5H2. The largest absolute Gasteiger partial charge is 0.330 e. The van der Waals surface area contributed by atoms with Gasteiger partial charge in [0.25, 0.3) is 0 Å². The van der Waals surface area contributed by atoms with Crippen molar-refractivity contribution in [1.82, 2.24) is 0 Å². The summed E-state index contributed by atoms with van der Waals surface area (Å²) >= 11 is 0. The minimum absolute atomic E-state index is 0.324. The van der Waals surface area contributed by atoms with Crippen molar-refractivity contribution in [2.75, 3.05) is 19.6 Å². The molecule has 4 heteroatoms. The lowest BCUT2D eigenvalue weighted by atomic mass is 10.1. The first kappa shape index (κ1) is 23.0. The smallest absolute Gasteiger partial charge is 0.00482 e. The monoisotopic (exact) mass is 262 g/mol. The predicted octanol–water partition coefficient (Wildman–Crippen LogP) is 1.81. The van der Waals surface area contributed by atoms with Crippen molar-refractivity contribution < 1.29 is 0 Å². The number of nitrogens with two attached hydrogens (primary N) is 4. The molecule has 8 N–H and O–H groups in total. The topological polar surface area (TPSA) is 104 Å². The van der Waals surface area contributed by atoms with Gasteiger partial charge in [0, 0.05) is 6.04 Å². The summed E-state index contributed by atoms with van der Waals surface area (Å²) in [5.41, 5.74) is 20.8. The number of hydrogen-bond donors (Lipinski definition) is 4. The van der Waals surface area contributed by atoms with E-state index in [1.54, 1.807) is 0 Å². The molecule has 0 heterocycles. The molecule has 0 amide bonds. The van der Waals surface area contributed by atoms with Crippen LogP contribution in [0.5, 0.6) is 0 Å². The van der Waals surface area contributed by atoms with Crippen molar-refractivity contribution in [2.45, 2.75) is 65.8 Å². The van der Waals surface area contributed by atoms with Crippen LogP contribution in [0.1, 0.15) is 59.8 Å². The summed E-state index contributed by atoms with van der Waals surface area (Å²) in [6.45, 7) is 11.0. The fourth-order valence-corrected chi connectivity index (χ4v) is 1.11. The van der Waals surface area contributed by atoms with Gasteiger partial charge in [-0.1, -0.05) is 40.5 Å². The van der Waals surface area contributed by atoms with E-state index in [2.05, 4.69) is 27.7 Å². The SMILES string of the molecule is CCC(N)CCN.CCCC(C)C.NCCCN. The van der Waals surface area contributed by atoms with Crippen molar-refractivity contribution in [3.63, 3.8) is 0 Å². The summed E-state index contributed by atoms with van der Waals surface area (Å²) in [7, 11) is 0. The van der Waals surface area contributed by atoms with E-state index in [1.165, 1.54) is 12.8 Å². The second kappa shape index (κ2) is 22.1. The molecule has 0 aromatic rings. The Morgan fingerprint density at radius 2 is 1.33 bits per heavy atom. The van der Waals surface area contributed by atoms with Crippen LogP contribution in [0.2, 0.25) is 0 Å². The van der Waals surface area contributed by atoms with Crippen LogP contribution >= 0.6 is 0 Å². The molecule has 0 saturated heterocycles. The summed E-state index contributed by atoms with van der Waals surface area (Å²) in [5, 5.41) is 0. The summed E-state index contributed by atoms with van der Waals surface area (Å²) in [5.74, 6) is 0.898. The molecule has 0 aromatic heterocycles. The Bertz CT molecular complexity index is 116. The number of hydrogen-bond acceptors (Lipinski definition) is 4. The van der Waals surface area contributed by atoms with Crippen LogP contribution in [0.3, 0.4) is 0 Å². The third kappa shape index (κ3) is 36.0. The molecule has 0 aromatic carbocycles. The van der Waals surface area contributed by atoms with Gasteiger partial charge in [0.15, 0.2) is 0 Å². The molecule has 18 heavy (non-hydrogen) atoms. The van der Waals surface area contributed by atoms with E-state index in [4.69, 9.17) is 22.9 Å². The van der Waals surface area contributed by atoms with Gasteiger partial charge in [-0.05, 0) is 44.8 Å². The minimum atomic E-state index is 0.324. The maximum atomic E-state index is 5.50. The van der Waals surface area contributed by atoms with Gasteiger partial charge >= 0.3 is 0 Å². The molecule has 4 nitrogen and oxygen atoms in total. The maximum Gasteiger partial charge on any atom is 0.00482 e. The van der Waals surface area contributed by atoms with E-state index in [0.29, 0.717) is 6.04 Å². The molecule has 1 unspecified atom stereocenters.